The second-order valence-corrected chi connectivity index (χ2v) is 4.62. The minimum absolute atomic E-state index is 0.607. The first kappa shape index (κ1) is 8.24. The number of aromatic nitrogens is 1. The average molecular weight is 189 g/mol. The Kier molecular flexibility index (Phi) is 1.59. The van der Waals surface area contributed by atoms with Gasteiger partial charge in [-0.15, -0.1) is 0 Å². The number of nitrogens with one attached hydrogen (secondary N) is 1. The van der Waals surface area contributed by atoms with Crippen molar-refractivity contribution >= 4 is 5.69 Å². The molecule has 0 unspecified atom stereocenters. The van der Waals surface area contributed by atoms with Gasteiger partial charge in [-0.05, 0) is 18.6 Å². The molecule has 3 rings (SSSR count). The van der Waals surface area contributed by atoms with E-state index in [0.29, 0.717) is 5.41 Å². The molecule has 14 heavy (non-hydrogen) atoms. The molecule has 0 saturated carbocycles. The maximum Gasteiger partial charge on any atom is 0.0427 e. The molecule has 3 nitrogen and oxygen atoms in total. The van der Waals surface area contributed by atoms with Gasteiger partial charge in [-0.2, -0.15) is 0 Å². The predicted octanol–water partition coefficient (Wildman–Crippen LogP) is 0.800. The second kappa shape index (κ2) is 2.70. The highest BCUT2D eigenvalue weighted by molar-refractivity contribution is 5.54. The van der Waals surface area contributed by atoms with Crippen LogP contribution in [-0.2, 0) is 0 Å². The quantitative estimate of drug-likeness (QED) is 0.708. The summed E-state index contributed by atoms with van der Waals surface area (Å²) < 4.78 is 0. The number of nitrogens with zero attached hydrogens (tertiary/aromatic N) is 2. The molecule has 1 aromatic heterocycles. The highest BCUT2D eigenvalue weighted by Crippen LogP contribution is 2.38. The van der Waals surface area contributed by atoms with Crippen molar-refractivity contribution in [2.75, 3.05) is 31.1 Å². The van der Waals surface area contributed by atoms with Gasteiger partial charge in [0.15, 0.2) is 0 Å². The standard InChI is InChI=1S/C11H15N3/c1-9-4-12-3-2-10(9)14-7-11(8-14)5-13-6-11/h2-4,13H,5-8H2,1H3. The third-order valence-corrected chi connectivity index (χ3v) is 3.38. The monoisotopic (exact) mass is 189 g/mol. The van der Waals surface area contributed by atoms with Crippen LogP contribution in [0.15, 0.2) is 18.5 Å². The van der Waals surface area contributed by atoms with Gasteiger partial charge in [-0.3, -0.25) is 4.98 Å². The van der Waals surface area contributed by atoms with Crippen LogP contribution in [0.25, 0.3) is 0 Å². The van der Waals surface area contributed by atoms with Gasteiger partial charge in [0.05, 0.1) is 0 Å². The topological polar surface area (TPSA) is 28.2 Å². The Bertz CT molecular complexity index is 349. The summed E-state index contributed by atoms with van der Waals surface area (Å²) in [5.41, 5.74) is 3.25. The van der Waals surface area contributed by atoms with Crippen LogP contribution >= 0.6 is 0 Å². The number of rotatable bonds is 1. The molecule has 1 spiro atoms. The van der Waals surface area contributed by atoms with Crippen molar-refractivity contribution in [1.82, 2.24) is 10.3 Å². The number of anilines is 1. The first-order valence-electron chi connectivity index (χ1n) is 5.15. The van der Waals surface area contributed by atoms with E-state index in [1.54, 1.807) is 0 Å². The van der Waals surface area contributed by atoms with Crippen LogP contribution in [-0.4, -0.2) is 31.2 Å². The zero-order valence-electron chi connectivity index (χ0n) is 8.45. The fourth-order valence-electron chi connectivity index (χ4n) is 2.46. The second-order valence-electron chi connectivity index (χ2n) is 4.62. The van der Waals surface area contributed by atoms with Gasteiger partial charge < -0.3 is 10.2 Å². The van der Waals surface area contributed by atoms with Crippen LogP contribution in [0.2, 0.25) is 0 Å². The minimum atomic E-state index is 0.607. The lowest BCUT2D eigenvalue weighted by atomic mass is 9.74. The van der Waals surface area contributed by atoms with Crippen molar-refractivity contribution < 1.29 is 0 Å². The number of hydrogen-bond acceptors (Lipinski definition) is 3. The summed E-state index contributed by atoms with van der Waals surface area (Å²) in [6.07, 6.45) is 3.83. The lowest BCUT2D eigenvalue weighted by molar-refractivity contribution is 0.121. The van der Waals surface area contributed by atoms with E-state index in [0.717, 1.165) is 0 Å². The largest absolute Gasteiger partial charge is 0.370 e. The molecule has 0 radical (unpaired) electrons. The Labute approximate surface area is 84.1 Å². The van der Waals surface area contributed by atoms with Crippen molar-refractivity contribution in [1.29, 1.82) is 0 Å². The van der Waals surface area contributed by atoms with E-state index < -0.39 is 0 Å². The molecule has 0 amide bonds. The SMILES string of the molecule is Cc1cnccc1N1CC2(CNC2)C1. The fourth-order valence-corrected chi connectivity index (χ4v) is 2.46. The highest BCUT2D eigenvalue weighted by atomic mass is 15.3. The van der Waals surface area contributed by atoms with Gasteiger partial charge in [0.25, 0.3) is 0 Å². The van der Waals surface area contributed by atoms with Crippen LogP contribution in [0.4, 0.5) is 5.69 Å². The molecule has 0 bridgehead atoms. The van der Waals surface area contributed by atoms with Crippen LogP contribution in [0.1, 0.15) is 5.56 Å². The molecular weight excluding hydrogens is 174 g/mol. The molecule has 0 aliphatic carbocycles. The molecule has 2 fully saturated rings. The summed E-state index contributed by atoms with van der Waals surface area (Å²) in [7, 11) is 0. The predicted molar refractivity (Wildman–Crippen MR) is 56.5 cm³/mol. The van der Waals surface area contributed by atoms with E-state index in [1.807, 2.05) is 12.4 Å². The number of pyridine rings is 1. The van der Waals surface area contributed by atoms with Gasteiger partial charge in [-0.25, -0.2) is 0 Å². The van der Waals surface area contributed by atoms with Crippen LogP contribution in [0.3, 0.4) is 0 Å². The maximum atomic E-state index is 4.12. The first-order valence-corrected chi connectivity index (χ1v) is 5.15. The maximum absolute atomic E-state index is 4.12. The molecular formula is C11H15N3. The van der Waals surface area contributed by atoms with Gasteiger partial charge in [0.2, 0.25) is 0 Å². The van der Waals surface area contributed by atoms with Crippen LogP contribution < -0.4 is 10.2 Å². The summed E-state index contributed by atoms with van der Waals surface area (Å²) in [6, 6.07) is 2.12. The van der Waals surface area contributed by atoms with E-state index in [9.17, 15) is 0 Å². The molecule has 1 aromatic rings. The third kappa shape index (κ3) is 1.05. The summed E-state index contributed by atoms with van der Waals surface area (Å²) in [5, 5.41) is 3.35. The zero-order valence-corrected chi connectivity index (χ0v) is 8.45. The molecule has 0 aromatic carbocycles. The Morgan fingerprint density at radius 2 is 2.21 bits per heavy atom. The van der Waals surface area contributed by atoms with Crippen molar-refractivity contribution in [3.05, 3.63) is 24.0 Å². The Hall–Kier alpha value is -1.09. The average Bonchev–Trinajstić information content (AvgIpc) is 2.03. The molecule has 0 atom stereocenters. The molecule has 3 heterocycles. The number of hydrogen-bond donors (Lipinski definition) is 1. The third-order valence-electron chi connectivity index (χ3n) is 3.38. The zero-order chi connectivity index (χ0) is 9.60. The Morgan fingerprint density at radius 3 is 2.79 bits per heavy atom. The van der Waals surface area contributed by atoms with Gasteiger partial charge >= 0.3 is 0 Å². The van der Waals surface area contributed by atoms with Gasteiger partial charge in [-0.1, -0.05) is 0 Å². The van der Waals surface area contributed by atoms with Crippen LogP contribution in [0, 0.1) is 12.3 Å². The molecule has 74 valence electrons. The molecule has 2 saturated heterocycles. The summed E-state index contributed by atoms with van der Waals surface area (Å²) in [6.45, 7) is 6.96. The lowest BCUT2D eigenvalue weighted by Crippen LogP contribution is -2.71. The van der Waals surface area contributed by atoms with E-state index >= 15 is 0 Å². The Morgan fingerprint density at radius 1 is 1.43 bits per heavy atom. The summed E-state index contributed by atoms with van der Waals surface area (Å²) in [4.78, 5) is 6.57. The Balaban J connectivity index is 1.76. The first-order chi connectivity index (χ1) is 6.79. The molecule has 3 heteroatoms. The van der Waals surface area contributed by atoms with E-state index in [4.69, 9.17) is 0 Å². The van der Waals surface area contributed by atoms with E-state index in [-0.39, 0.29) is 0 Å². The molecule has 1 N–H and O–H groups in total. The van der Waals surface area contributed by atoms with Crippen molar-refractivity contribution in [3.63, 3.8) is 0 Å². The van der Waals surface area contributed by atoms with E-state index in [2.05, 4.69) is 28.2 Å². The minimum Gasteiger partial charge on any atom is -0.370 e. The van der Waals surface area contributed by atoms with Crippen molar-refractivity contribution in [3.8, 4) is 0 Å². The van der Waals surface area contributed by atoms with Gasteiger partial charge in [0.1, 0.15) is 0 Å². The fraction of sp³-hybridized carbons (Fsp3) is 0.545. The lowest BCUT2D eigenvalue weighted by Gasteiger charge is -2.57. The normalized spacial score (nSPS) is 23.1. The highest BCUT2D eigenvalue weighted by Gasteiger charge is 2.47. The molecule has 2 aliphatic rings. The van der Waals surface area contributed by atoms with E-state index in [1.165, 1.54) is 37.4 Å². The smallest absolute Gasteiger partial charge is 0.0427 e. The number of aryl methyl sites for hydroxylation is 1. The summed E-state index contributed by atoms with van der Waals surface area (Å²) in [5.74, 6) is 0. The summed E-state index contributed by atoms with van der Waals surface area (Å²) >= 11 is 0. The van der Waals surface area contributed by atoms with Gasteiger partial charge in [0, 0.05) is 49.7 Å². The van der Waals surface area contributed by atoms with Crippen LogP contribution in [0.5, 0.6) is 0 Å². The van der Waals surface area contributed by atoms with Crippen molar-refractivity contribution in [2.45, 2.75) is 6.92 Å². The molecule has 2 aliphatic heterocycles. The van der Waals surface area contributed by atoms with Crippen molar-refractivity contribution in [2.24, 2.45) is 5.41 Å².